The van der Waals surface area contributed by atoms with Crippen molar-refractivity contribution in [3.05, 3.63) is 5.82 Å². The number of nitrogens with zero attached hydrogens (tertiary/aromatic N) is 3. The zero-order valence-corrected chi connectivity index (χ0v) is 40.2. The number of carbonyl (C=O) groups is 8. The predicted molar refractivity (Wildman–Crippen MR) is 247 cm³/mol. The Bertz CT molecular complexity index is 1740. The lowest BCUT2D eigenvalue weighted by Gasteiger charge is -2.17. The van der Waals surface area contributed by atoms with Gasteiger partial charge in [-0.3, -0.25) is 33.5 Å². The second-order valence-corrected chi connectivity index (χ2v) is 18.3. The fourth-order valence-corrected chi connectivity index (χ4v) is 7.82. The molecule has 0 aliphatic heterocycles. The van der Waals surface area contributed by atoms with Crippen LogP contribution in [0.3, 0.4) is 0 Å². The number of aryl methyl sites for hydroxylation is 1. The fraction of sp³-hybridized carbons (Fsp3) is 0.791. The largest absolute Gasteiger partial charge is 0.480 e. The quantitative estimate of drug-likeness (QED) is 0.0417. The van der Waals surface area contributed by atoms with Crippen LogP contribution in [-0.2, 0) is 64.3 Å². The maximum atomic E-state index is 12.4. The number of hydrogen-bond donors (Lipinski definition) is 9. The number of carbonyl (C=O) groups excluding carboxylic acids is 6. The Morgan fingerprint density at radius 3 is 1.59 bits per heavy atom. The number of hydrogen-bond acceptors (Lipinski definition) is 15. The molecule has 2 atom stereocenters. The molecule has 0 bridgehead atoms. The van der Waals surface area contributed by atoms with E-state index in [0.29, 0.717) is 25.7 Å². The van der Waals surface area contributed by atoms with Gasteiger partial charge in [0, 0.05) is 51.6 Å². The number of aromatic nitrogens is 4. The average molecular weight is 989 g/mol. The van der Waals surface area contributed by atoms with E-state index in [1.165, 1.54) is 44.9 Å². The summed E-state index contributed by atoms with van der Waals surface area (Å²) in [4.78, 5) is 95.3. The van der Waals surface area contributed by atoms with Gasteiger partial charge >= 0.3 is 11.9 Å². The molecule has 0 radical (unpaired) electrons. The number of ether oxygens (including phenoxy) is 2. The molecule has 6 amide bonds. The maximum absolute atomic E-state index is 12.4. The van der Waals surface area contributed by atoms with E-state index in [1.54, 1.807) is 0 Å². The highest BCUT2D eigenvalue weighted by Gasteiger charge is 2.24. The van der Waals surface area contributed by atoms with Crippen molar-refractivity contribution in [2.75, 3.05) is 45.3 Å². The molecular formula is C43H76N10O14S. The van der Waals surface area contributed by atoms with Gasteiger partial charge in [0.1, 0.15) is 18.7 Å². The molecule has 0 fully saturated rings. The Hall–Kier alpha value is -5.30. The number of nitrogens with one attached hydrogen (secondary N) is 6. The molecule has 1 heterocycles. The van der Waals surface area contributed by atoms with Crippen molar-refractivity contribution in [2.24, 2.45) is 5.73 Å². The molecular weight excluding hydrogens is 913 g/mol. The summed E-state index contributed by atoms with van der Waals surface area (Å²) in [6, 6.07) is -2.83. The van der Waals surface area contributed by atoms with Crippen LogP contribution in [0.25, 0.3) is 0 Å². The topological polar surface area (TPSA) is 370 Å². The first-order valence-corrected chi connectivity index (χ1v) is 25.5. The van der Waals surface area contributed by atoms with E-state index in [-0.39, 0.29) is 96.1 Å². The number of nitrogens with two attached hydrogens (primary N) is 1. The molecule has 0 saturated carbocycles. The Kier molecular flexibility index (Phi) is 34.5. The first kappa shape index (κ1) is 60.7. The fourth-order valence-electron chi connectivity index (χ4n) is 6.75. The van der Waals surface area contributed by atoms with E-state index in [1.807, 2.05) is 0 Å². The van der Waals surface area contributed by atoms with Gasteiger partial charge in [0.15, 0.2) is 5.82 Å². The Labute approximate surface area is 398 Å². The molecule has 388 valence electrons. The van der Waals surface area contributed by atoms with E-state index < -0.39 is 70.0 Å². The first-order valence-electron chi connectivity index (χ1n) is 23.8. The summed E-state index contributed by atoms with van der Waals surface area (Å²) in [7, 11) is -3.87. The van der Waals surface area contributed by atoms with Gasteiger partial charge in [0.05, 0.1) is 25.6 Å². The minimum atomic E-state index is -3.87. The molecule has 68 heavy (non-hydrogen) atoms. The van der Waals surface area contributed by atoms with Gasteiger partial charge in [0.25, 0.3) is 0 Å². The van der Waals surface area contributed by atoms with Crippen molar-refractivity contribution in [3.8, 4) is 0 Å². The number of primary amides is 1. The summed E-state index contributed by atoms with van der Waals surface area (Å²) in [6.45, 7) is 0.583. The standard InChI is InChI=1S/C43H76N10O14S/c44-35(54)32-67-30-29-66-28-27-46-38(56)24-22-33(42(60)61)48-40(58)25-23-34(43(62)63)47-39(57)19-15-12-16-26-45-37(55)21-17-31-68(64,65)51-41(59)20-14-11-9-7-5-3-1-2-4-6-8-10-13-18-36-49-52-53-50-36/h33-34H,1-32H2,(H2,44,54)(H,45,55)(H,46,56)(H,47,57)(H,48,58)(H,51,59)(H,60,61)(H,62,63)(H,49,50,52,53)/t33-,34-/m0/s1. The molecule has 10 N–H and O–H groups in total. The lowest BCUT2D eigenvalue weighted by molar-refractivity contribution is -0.143. The lowest BCUT2D eigenvalue weighted by Crippen LogP contribution is -2.44. The van der Waals surface area contributed by atoms with E-state index in [2.05, 4.69) is 46.6 Å². The van der Waals surface area contributed by atoms with Crippen molar-refractivity contribution in [1.82, 2.24) is 46.6 Å². The predicted octanol–water partition coefficient (Wildman–Crippen LogP) is 1.44. The van der Waals surface area contributed by atoms with Crippen molar-refractivity contribution in [1.29, 1.82) is 0 Å². The van der Waals surface area contributed by atoms with Crippen molar-refractivity contribution >= 4 is 57.4 Å². The monoisotopic (exact) mass is 989 g/mol. The van der Waals surface area contributed by atoms with Gasteiger partial charge in [0.2, 0.25) is 45.5 Å². The minimum absolute atomic E-state index is 0.0258. The minimum Gasteiger partial charge on any atom is -0.480 e. The third-order valence-corrected chi connectivity index (χ3v) is 11.8. The molecule has 1 aromatic heterocycles. The Morgan fingerprint density at radius 1 is 0.559 bits per heavy atom. The number of aliphatic carboxylic acids is 2. The Balaban J connectivity index is 2.09. The van der Waals surface area contributed by atoms with Gasteiger partial charge in [-0.1, -0.05) is 82.3 Å². The summed E-state index contributed by atoms with van der Waals surface area (Å²) in [5.41, 5.74) is 4.94. The normalized spacial score (nSPS) is 12.1. The molecule has 0 aromatic carbocycles. The zero-order chi connectivity index (χ0) is 50.3. The molecule has 0 spiro atoms. The van der Waals surface area contributed by atoms with Gasteiger partial charge in [-0.25, -0.2) is 18.0 Å². The van der Waals surface area contributed by atoms with Crippen LogP contribution in [0.1, 0.15) is 160 Å². The van der Waals surface area contributed by atoms with Gasteiger partial charge in [-0.2, -0.15) is 5.21 Å². The average Bonchev–Trinajstić information content (AvgIpc) is 3.80. The van der Waals surface area contributed by atoms with E-state index in [4.69, 9.17) is 15.2 Å². The van der Waals surface area contributed by atoms with Crippen molar-refractivity contribution < 1.29 is 66.5 Å². The van der Waals surface area contributed by atoms with Gasteiger partial charge < -0.3 is 46.7 Å². The first-order chi connectivity index (χ1) is 32.6. The number of tetrazole rings is 1. The van der Waals surface area contributed by atoms with Crippen LogP contribution >= 0.6 is 0 Å². The second kappa shape index (κ2) is 38.6. The maximum Gasteiger partial charge on any atom is 0.326 e. The van der Waals surface area contributed by atoms with Crippen LogP contribution in [0, 0.1) is 0 Å². The molecule has 25 heteroatoms. The summed E-state index contributed by atoms with van der Waals surface area (Å²) in [5, 5.41) is 42.8. The van der Waals surface area contributed by atoms with E-state index >= 15 is 0 Å². The Morgan fingerprint density at radius 2 is 1.03 bits per heavy atom. The van der Waals surface area contributed by atoms with E-state index in [9.17, 15) is 57.0 Å². The summed E-state index contributed by atoms with van der Waals surface area (Å²) in [6.07, 6.45) is 15.4. The number of unbranched alkanes of at least 4 members (excludes halogenated alkanes) is 14. The molecule has 24 nitrogen and oxygen atoms in total. The number of carboxylic acids is 2. The number of sulfonamides is 1. The summed E-state index contributed by atoms with van der Waals surface area (Å²) >= 11 is 0. The number of rotatable bonds is 45. The smallest absolute Gasteiger partial charge is 0.326 e. The molecule has 0 saturated heterocycles. The lowest BCUT2D eigenvalue weighted by atomic mass is 10.0. The molecule has 0 unspecified atom stereocenters. The number of carboxylic acid groups (broad SMARTS) is 2. The SMILES string of the molecule is NC(=O)COCCOCCNC(=O)CC[C@H](NC(=O)CC[C@H](NC(=O)CCCCCNC(=O)CCCS(=O)(=O)NC(=O)CCCCCCCCCCCCCCCc1nn[nH]n1)C(=O)O)C(=O)O. The third-order valence-electron chi connectivity index (χ3n) is 10.5. The highest BCUT2D eigenvalue weighted by molar-refractivity contribution is 7.90. The highest BCUT2D eigenvalue weighted by Crippen LogP contribution is 2.14. The molecule has 1 rings (SSSR count). The summed E-state index contributed by atoms with van der Waals surface area (Å²) < 4.78 is 36.9. The molecule has 0 aliphatic carbocycles. The second-order valence-electron chi connectivity index (χ2n) is 16.5. The van der Waals surface area contributed by atoms with Crippen LogP contribution in [0.5, 0.6) is 0 Å². The van der Waals surface area contributed by atoms with Crippen molar-refractivity contribution in [3.63, 3.8) is 0 Å². The van der Waals surface area contributed by atoms with Crippen LogP contribution in [0.15, 0.2) is 0 Å². The number of H-pyrrole nitrogens is 1. The van der Waals surface area contributed by atoms with Crippen LogP contribution < -0.4 is 31.7 Å². The third kappa shape index (κ3) is 35.8. The zero-order valence-electron chi connectivity index (χ0n) is 39.4. The van der Waals surface area contributed by atoms with Gasteiger partial charge in [-0.05, 0) is 44.9 Å². The number of amides is 6. The summed E-state index contributed by atoms with van der Waals surface area (Å²) in [5.74, 6) is -5.74. The molecule has 1 aromatic rings. The number of aromatic amines is 1. The van der Waals surface area contributed by atoms with Crippen LogP contribution in [0.2, 0.25) is 0 Å². The van der Waals surface area contributed by atoms with Crippen LogP contribution in [-0.4, -0.2) is 144 Å². The van der Waals surface area contributed by atoms with E-state index in [0.717, 1.165) is 44.3 Å². The van der Waals surface area contributed by atoms with Crippen LogP contribution in [0.4, 0.5) is 0 Å². The van der Waals surface area contributed by atoms with Gasteiger partial charge in [-0.15, -0.1) is 10.2 Å². The van der Waals surface area contributed by atoms with Crippen molar-refractivity contribution in [2.45, 2.75) is 173 Å². The molecule has 0 aliphatic rings. The highest BCUT2D eigenvalue weighted by atomic mass is 32.2.